The van der Waals surface area contributed by atoms with Gasteiger partial charge in [0.25, 0.3) is 0 Å². The molecule has 3 heteroatoms. The summed E-state index contributed by atoms with van der Waals surface area (Å²) in [6.45, 7) is 2.71. The van der Waals surface area contributed by atoms with Crippen LogP contribution in [0.15, 0.2) is 0 Å². The van der Waals surface area contributed by atoms with Crippen molar-refractivity contribution in [2.45, 2.75) is 68.3 Å². The van der Waals surface area contributed by atoms with E-state index in [-0.39, 0.29) is 0 Å². The maximum absolute atomic E-state index is 3.98. The Hall–Kier alpha value is 0.270. The Morgan fingerprint density at radius 1 is 1.00 bits per heavy atom. The third kappa shape index (κ3) is 2.66. The molecule has 2 saturated heterocycles. The number of hydrogen-bond donors (Lipinski definition) is 1. The first-order valence-electron chi connectivity index (χ1n) is 7.39. The fourth-order valence-electron chi connectivity index (χ4n) is 4.04. The van der Waals surface area contributed by atoms with Crippen molar-refractivity contribution in [3.63, 3.8) is 0 Å². The van der Waals surface area contributed by atoms with Crippen molar-refractivity contribution in [1.82, 2.24) is 10.2 Å². The molecule has 2 atom stereocenters. The van der Waals surface area contributed by atoms with Crippen LogP contribution >= 0.6 is 11.8 Å². The molecule has 1 saturated carbocycles. The minimum absolute atomic E-state index is 0.813. The lowest BCUT2D eigenvalue weighted by Crippen LogP contribution is -2.46. The Labute approximate surface area is 110 Å². The van der Waals surface area contributed by atoms with Gasteiger partial charge in [-0.25, -0.2) is 0 Å². The molecule has 3 rings (SSSR count). The number of hydrogen-bond acceptors (Lipinski definition) is 3. The first-order chi connectivity index (χ1) is 8.36. The lowest BCUT2D eigenvalue weighted by Gasteiger charge is -2.32. The lowest BCUT2D eigenvalue weighted by molar-refractivity contribution is 0.271. The summed E-state index contributed by atoms with van der Waals surface area (Å²) in [4.78, 5) is 2.71. The van der Waals surface area contributed by atoms with Gasteiger partial charge in [0.2, 0.25) is 0 Å². The minimum Gasteiger partial charge on any atom is -0.310 e. The molecular formula is C14H26N2S. The van der Waals surface area contributed by atoms with E-state index >= 15 is 0 Å². The van der Waals surface area contributed by atoms with Crippen LogP contribution in [0.25, 0.3) is 0 Å². The van der Waals surface area contributed by atoms with E-state index < -0.39 is 0 Å². The van der Waals surface area contributed by atoms with E-state index in [4.69, 9.17) is 0 Å². The summed E-state index contributed by atoms with van der Waals surface area (Å²) in [6, 6.07) is 2.52. The van der Waals surface area contributed by atoms with Crippen molar-refractivity contribution in [2.75, 3.05) is 19.3 Å². The van der Waals surface area contributed by atoms with Gasteiger partial charge in [0.1, 0.15) is 0 Å². The number of thioether (sulfide) groups is 1. The van der Waals surface area contributed by atoms with Crippen LogP contribution in [-0.2, 0) is 0 Å². The molecule has 17 heavy (non-hydrogen) atoms. The molecule has 1 N–H and O–H groups in total. The van der Waals surface area contributed by atoms with Crippen molar-refractivity contribution >= 4 is 11.8 Å². The molecule has 2 unspecified atom stereocenters. The number of nitrogens with zero attached hydrogens (tertiary/aromatic N) is 1. The summed E-state index contributed by atoms with van der Waals surface area (Å²) in [6.07, 6.45) is 12.2. The standard InChI is InChI=1S/C14H26N2S/c1-17-12-6-4-11(5-7-12)15-13-8-10-16-9-2-3-14(13)16/h11-15H,2-10H2,1H3. The Morgan fingerprint density at radius 2 is 1.82 bits per heavy atom. The zero-order valence-corrected chi connectivity index (χ0v) is 11.8. The van der Waals surface area contributed by atoms with Gasteiger partial charge in [0.15, 0.2) is 0 Å². The Kier molecular flexibility index (Phi) is 3.98. The zero-order chi connectivity index (χ0) is 11.7. The van der Waals surface area contributed by atoms with Gasteiger partial charge in [-0.05, 0) is 57.7 Å². The molecule has 0 aromatic heterocycles. The first kappa shape index (κ1) is 12.3. The molecule has 0 bridgehead atoms. The summed E-state index contributed by atoms with van der Waals surface area (Å²) in [5.74, 6) is 0. The normalized spacial score (nSPS) is 42.9. The first-order valence-corrected chi connectivity index (χ1v) is 8.68. The highest BCUT2D eigenvalue weighted by atomic mass is 32.2. The van der Waals surface area contributed by atoms with E-state index in [1.54, 1.807) is 0 Å². The van der Waals surface area contributed by atoms with Gasteiger partial charge in [-0.2, -0.15) is 11.8 Å². The van der Waals surface area contributed by atoms with Gasteiger partial charge >= 0.3 is 0 Å². The van der Waals surface area contributed by atoms with Crippen LogP contribution in [0.4, 0.5) is 0 Å². The highest BCUT2D eigenvalue weighted by molar-refractivity contribution is 7.99. The Bertz CT molecular complexity index is 251. The van der Waals surface area contributed by atoms with E-state index in [1.165, 1.54) is 58.0 Å². The quantitative estimate of drug-likeness (QED) is 0.833. The van der Waals surface area contributed by atoms with Crippen LogP contribution in [0.1, 0.15) is 44.9 Å². The van der Waals surface area contributed by atoms with E-state index in [0.717, 1.165) is 23.4 Å². The summed E-state index contributed by atoms with van der Waals surface area (Å²) in [5, 5.41) is 4.93. The molecule has 0 spiro atoms. The van der Waals surface area contributed by atoms with Gasteiger partial charge in [0.05, 0.1) is 0 Å². The van der Waals surface area contributed by atoms with E-state index in [1.807, 2.05) is 0 Å². The smallest absolute Gasteiger partial charge is 0.0250 e. The summed E-state index contributed by atoms with van der Waals surface area (Å²) >= 11 is 2.07. The van der Waals surface area contributed by atoms with E-state index in [0.29, 0.717) is 0 Å². The molecule has 2 aliphatic heterocycles. The SMILES string of the molecule is CSC1CCC(NC2CCN3CCCC23)CC1. The van der Waals surface area contributed by atoms with E-state index in [2.05, 4.69) is 28.2 Å². The molecule has 0 aromatic carbocycles. The lowest BCUT2D eigenvalue weighted by atomic mass is 9.93. The van der Waals surface area contributed by atoms with Gasteiger partial charge in [-0.15, -0.1) is 0 Å². The fourth-order valence-corrected chi connectivity index (χ4v) is 4.79. The molecule has 2 heterocycles. The maximum Gasteiger partial charge on any atom is 0.0250 e. The molecule has 1 aliphatic carbocycles. The highest BCUT2D eigenvalue weighted by Crippen LogP contribution is 2.31. The second-order valence-electron chi connectivity index (χ2n) is 6.02. The predicted molar refractivity (Wildman–Crippen MR) is 75.7 cm³/mol. The molecule has 0 amide bonds. The average molecular weight is 254 g/mol. The van der Waals surface area contributed by atoms with Crippen molar-refractivity contribution in [2.24, 2.45) is 0 Å². The summed E-state index contributed by atoms with van der Waals surface area (Å²) < 4.78 is 0. The Balaban J connectivity index is 1.48. The second kappa shape index (κ2) is 5.50. The van der Waals surface area contributed by atoms with Crippen molar-refractivity contribution in [1.29, 1.82) is 0 Å². The monoisotopic (exact) mass is 254 g/mol. The molecule has 3 fully saturated rings. The third-order valence-electron chi connectivity index (χ3n) is 5.06. The van der Waals surface area contributed by atoms with Crippen LogP contribution in [0, 0.1) is 0 Å². The predicted octanol–water partition coefficient (Wildman–Crippen LogP) is 2.49. The molecule has 3 aliphatic rings. The van der Waals surface area contributed by atoms with Crippen LogP contribution in [0.2, 0.25) is 0 Å². The molecule has 0 radical (unpaired) electrons. The van der Waals surface area contributed by atoms with Crippen molar-refractivity contribution < 1.29 is 0 Å². The van der Waals surface area contributed by atoms with Crippen LogP contribution in [-0.4, -0.2) is 47.6 Å². The third-order valence-corrected chi connectivity index (χ3v) is 6.20. The molecule has 0 aromatic rings. The average Bonchev–Trinajstić information content (AvgIpc) is 2.95. The van der Waals surface area contributed by atoms with Crippen molar-refractivity contribution in [3.8, 4) is 0 Å². The summed E-state index contributed by atoms with van der Waals surface area (Å²) in [5.41, 5.74) is 0. The zero-order valence-electron chi connectivity index (χ0n) is 11.0. The number of fused-ring (bicyclic) bond motifs is 1. The second-order valence-corrected chi connectivity index (χ2v) is 7.15. The molecule has 2 nitrogen and oxygen atoms in total. The van der Waals surface area contributed by atoms with Crippen LogP contribution in [0.5, 0.6) is 0 Å². The van der Waals surface area contributed by atoms with Crippen LogP contribution < -0.4 is 5.32 Å². The van der Waals surface area contributed by atoms with Gasteiger partial charge < -0.3 is 5.32 Å². The van der Waals surface area contributed by atoms with Gasteiger partial charge in [0, 0.05) is 29.9 Å². The number of nitrogens with one attached hydrogen (secondary N) is 1. The number of rotatable bonds is 3. The largest absolute Gasteiger partial charge is 0.310 e. The maximum atomic E-state index is 3.98. The minimum atomic E-state index is 0.813. The Morgan fingerprint density at radius 3 is 2.59 bits per heavy atom. The van der Waals surface area contributed by atoms with Crippen LogP contribution in [0.3, 0.4) is 0 Å². The summed E-state index contributed by atoms with van der Waals surface area (Å²) in [7, 11) is 0. The molecular weight excluding hydrogens is 228 g/mol. The topological polar surface area (TPSA) is 15.3 Å². The fraction of sp³-hybridized carbons (Fsp3) is 1.00. The van der Waals surface area contributed by atoms with Gasteiger partial charge in [-0.1, -0.05) is 0 Å². The highest BCUT2D eigenvalue weighted by Gasteiger charge is 2.38. The molecule has 98 valence electrons. The van der Waals surface area contributed by atoms with E-state index in [9.17, 15) is 0 Å². The van der Waals surface area contributed by atoms with Crippen molar-refractivity contribution in [3.05, 3.63) is 0 Å². The van der Waals surface area contributed by atoms with Gasteiger partial charge in [-0.3, -0.25) is 4.90 Å².